The highest BCUT2D eigenvalue weighted by atomic mass is 16.1. The molecule has 15 heavy (non-hydrogen) atoms. The second kappa shape index (κ2) is 5.66. The Morgan fingerprint density at radius 3 is 2.60 bits per heavy atom. The Hall–Kier alpha value is -1.15. The first-order chi connectivity index (χ1) is 7.13. The number of likely N-dealkylation sites (N-methyl/N-ethyl adjacent to an activating group) is 1. The van der Waals surface area contributed by atoms with Crippen molar-refractivity contribution in [1.29, 1.82) is 0 Å². The molecule has 82 valence electrons. The van der Waals surface area contributed by atoms with Gasteiger partial charge in [0.05, 0.1) is 6.54 Å². The second-order valence-electron chi connectivity index (χ2n) is 4.10. The Morgan fingerprint density at radius 1 is 1.27 bits per heavy atom. The summed E-state index contributed by atoms with van der Waals surface area (Å²) >= 11 is 0. The molecule has 0 spiro atoms. The van der Waals surface area contributed by atoms with E-state index in [1.54, 1.807) is 0 Å². The van der Waals surface area contributed by atoms with Gasteiger partial charge in [-0.05, 0) is 44.0 Å². The molecule has 0 aliphatic rings. The topological polar surface area (TPSA) is 20.3 Å². The normalized spacial score (nSPS) is 10.7. The molecule has 1 aromatic rings. The quantitative estimate of drug-likeness (QED) is 0.685. The molecule has 0 aliphatic heterocycles. The minimum atomic E-state index is 0.519. The zero-order valence-electron chi connectivity index (χ0n) is 9.79. The number of rotatable bonds is 5. The van der Waals surface area contributed by atoms with Gasteiger partial charge in [0, 0.05) is 6.54 Å². The van der Waals surface area contributed by atoms with E-state index in [1.165, 1.54) is 16.7 Å². The van der Waals surface area contributed by atoms with Crippen LogP contribution in [0.3, 0.4) is 0 Å². The van der Waals surface area contributed by atoms with E-state index < -0.39 is 0 Å². The van der Waals surface area contributed by atoms with Crippen LogP contribution in [0.4, 0.5) is 0 Å². The van der Waals surface area contributed by atoms with Crippen molar-refractivity contribution in [2.24, 2.45) is 0 Å². The van der Waals surface area contributed by atoms with Crippen LogP contribution >= 0.6 is 0 Å². The summed E-state index contributed by atoms with van der Waals surface area (Å²) in [6.07, 6.45) is 1.95. The summed E-state index contributed by atoms with van der Waals surface area (Å²) in [5.74, 6) is 0. The summed E-state index contributed by atoms with van der Waals surface area (Å²) in [5, 5.41) is 0. The van der Waals surface area contributed by atoms with Crippen LogP contribution in [0.15, 0.2) is 18.2 Å². The standard InChI is InChI=1S/C13H19NO/c1-11-4-5-13(10-12(11)2)6-7-14(3)8-9-15/h4-5,9-10H,6-8H2,1-3H3. The largest absolute Gasteiger partial charge is 0.302 e. The summed E-state index contributed by atoms with van der Waals surface area (Å²) in [5.41, 5.74) is 4.02. The Balaban J connectivity index is 2.50. The number of aryl methyl sites for hydroxylation is 2. The van der Waals surface area contributed by atoms with E-state index in [1.807, 2.05) is 11.9 Å². The molecule has 1 aromatic carbocycles. The van der Waals surface area contributed by atoms with Gasteiger partial charge >= 0.3 is 0 Å². The molecule has 0 heterocycles. The predicted octanol–water partition coefficient (Wildman–Crippen LogP) is 1.98. The van der Waals surface area contributed by atoms with Crippen molar-refractivity contribution in [3.05, 3.63) is 34.9 Å². The maximum atomic E-state index is 10.3. The molecule has 0 bridgehead atoms. The lowest BCUT2D eigenvalue weighted by Gasteiger charge is -2.13. The van der Waals surface area contributed by atoms with Gasteiger partial charge in [-0.2, -0.15) is 0 Å². The summed E-state index contributed by atoms with van der Waals surface area (Å²) in [6.45, 7) is 5.71. The van der Waals surface area contributed by atoms with Gasteiger partial charge in [-0.1, -0.05) is 18.2 Å². The van der Waals surface area contributed by atoms with Gasteiger partial charge in [-0.15, -0.1) is 0 Å². The molecule has 2 heteroatoms. The minimum Gasteiger partial charge on any atom is -0.302 e. The number of hydrogen-bond donors (Lipinski definition) is 0. The first-order valence-electron chi connectivity index (χ1n) is 5.32. The third-order valence-corrected chi connectivity index (χ3v) is 2.74. The number of carbonyl (C=O) groups is 1. The minimum absolute atomic E-state index is 0.519. The van der Waals surface area contributed by atoms with E-state index >= 15 is 0 Å². The van der Waals surface area contributed by atoms with Crippen LogP contribution in [0, 0.1) is 13.8 Å². The Morgan fingerprint density at radius 2 is 2.00 bits per heavy atom. The fraction of sp³-hybridized carbons (Fsp3) is 0.462. The SMILES string of the molecule is Cc1ccc(CCN(C)CC=O)cc1C. The summed E-state index contributed by atoms with van der Waals surface area (Å²) in [6, 6.07) is 6.55. The summed E-state index contributed by atoms with van der Waals surface area (Å²) in [4.78, 5) is 12.3. The molecule has 2 nitrogen and oxygen atoms in total. The molecule has 0 fully saturated rings. The van der Waals surface area contributed by atoms with Crippen molar-refractivity contribution in [2.75, 3.05) is 20.1 Å². The Labute approximate surface area is 91.9 Å². The van der Waals surface area contributed by atoms with Crippen molar-refractivity contribution in [3.8, 4) is 0 Å². The van der Waals surface area contributed by atoms with Gasteiger partial charge in [0.15, 0.2) is 0 Å². The van der Waals surface area contributed by atoms with Gasteiger partial charge in [0.1, 0.15) is 6.29 Å². The number of benzene rings is 1. The van der Waals surface area contributed by atoms with E-state index in [9.17, 15) is 4.79 Å². The molecule has 0 amide bonds. The maximum absolute atomic E-state index is 10.3. The molecule has 0 saturated carbocycles. The highest BCUT2D eigenvalue weighted by Gasteiger charge is 1.99. The monoisotopic (exact) mass is 205 g/mol. The van der Waals surface area contributed by atoms with E-state index in [2.05, 4.69) is 32.0 Å². The average molecular weight is 205 g/mol. The molecule has 0 aliphatic carbocycles. The summed E-state index contributed by atoms with van der Waals surface area (Å²) in [7, 11) is 1.97. The number of aldehydes is 1. The van der Waals surface area contributed by atoms with Crippen molar-refractivity contribution in [1.82, 2.24) is 4.90 Å². The predicted molar refractivity (Wildman–Crippen MR) is 63.2 cm³/mol. The number of hydrogen-bond acceptors (Lipinski definition) is 2. The van der Waals surface area contributed by atoms with Gasteiger partial charge in [-0.25, -0.2) is 0 Å². The Bertz CT molecular complexity index is 333. The van der Waals surface area contributed by atoms with Gasteiger partial charge in [-0.3, -0.25) is 4.90 Å². The lowest BCUT2D eigenvalue weighted by Crippen LogP contribution is -2.23. The molecule has 0 unspecified atom stereocenters. The lowest BCUT2D eigenvalue weighted by molar-refractivity contribution is -0.108. The van der Waals surface area contributed by atoms with Crippen LogP contribution in [-0.4, -0.2) is 31.3 Å². The third kappa shape index (κ3) is 3.84. The van der Waals surface area contributed by atoms with Gasteiger partial charge in [0.2, 0.25) is 0 Å². The van der Waals surface area contributed by atoms with Crippen molar-refractivity contribution >= 4 is 6.29 Å². The van der Waals surface area contributed by atoms with Crippen LogP contribution in [0.25, 0.3) is 0 Å². The average Bonchev–Trinajstić information content (AvgIpc) is 2.20. The van der Waals surface area contributed by atoms with Crippen molar-refractivity contribution in [2.45, 2.75) is 20.3 Å². The zero-order chi connectivity index (χ0) is 11.3. The molecule has 0 atom stereocenters. The number of nitrogens with zero attached hydrogens (tertiary/aromatic N) is 1. The molecule has 1 rings (SSSR count). The van der Waals surface area contributed by atoms with Gasteiger partial charge in [0.25, 0.3) is 0 Å². The van der Waals surface area contributed by atoms with Crippen molar-refractivity contribution in [3.63, 3.8) is 0 Å². The van der Waals surface area contributed by atoms with Crippen LogP contribution in [0.1, 0.15) is 16.7 Å². The first kappa shape index (κ1) is 11.9. The molecular weight excluding hydrogens is 186 g/mol. The second-order valence-corrected chi connectivity index (χ2v) is 4.10. The zero-order valence-corrected chi connectivity index (χ0v) is 9.79. The highest BCUT2D eigenvalue weighted by Crippen LogP contribution is 2.10. The summed E-state index contributed by atoms with van der Waals surface area (Å²) < 4.78 is 0. The lowest BCUT2D eigenvalue weighted by atomic mass is 10.0. The maximum Gasteiger partial charge on any atom is 0.133 e. The van der Waals surface area contributed by atoms with Crippen LogP contribution < -0.4 is 0 Å². The molecule has 0 saturated heterocycles. The highest BCUT2D eigenvalue weighted by molar-refractivity contribution is 5.51. The fourth-order valence-corrected chi connectivity index (χ4v) is 1.50. The van der Waals surface area contributed by atoms with Gasteiger partial charge < -0.3 is 4.79 Å². The van der Waals surface area contributed by atoms with Crippen molar-refractivity contribution < 1.29 is 4.79 Å². The third-order valence-electron chi connectivity index (χ3n) is 2.74. The van der Waals surface area contributed by atoms with Crippen LogP contribution in [0.2, 0.25) is 0 Å². The van der Waals surface area contributed by atoms with Crippen LogP contribution in [0.5, 0.6) is 0 Å². The molecule has 0 N–H and O–H groups in total. The van der Waals surface area contributed by atoms with E-state index in [4.69, 9.17) is 0 Å². The first-order valence-corrected chi connectivity index (χ1v) is 5.32. The van der Waals surface area contributed by atoms with Crippen LogP contribution in [-0.2, 0) is 11.2 Å². The smallest absolute Gasteiger partial charge is 0.133 e. The molecular formula is C13H19NO. The molecule has 0 radical (unpaired) electrons. The van der Waals surface area contributed by atoms with E-state index in [0.29, 0.717) is 6.54 Å². The number of carbonyl (C=O) groups excluding carboxylic acids is 1. The fourth-order valence-electron chi connectivity index (χ4n) is 1.50. The Kier molecular flexibility index (Phi) is 4.50. The van der Waals surface area contributed by atoms with E-state index in [-0.39, 0.29) is 0 Å². The van der Waals surface area contributed by atoms with E-state index in [0.717, 1.165) is 19.3 Å². The molecule has 0 aromatic heterocycles.